The van der Waals surface area contributed by atoms with Gasteiger partial charge in [0.1, 0.15) is 0 Å². The van der Waals surface area contributed by atoms with Gasteiger partial charge in [0.25, 0.3) is 5.91 Å². The number of halogens is 3. The van der Waals surface area contributed by atoms with Gasteiger partial charge in [-0.3, -0.25) is 4.79 Å². The molecule has 0 fully saturated rings. The number of para-hydroxylation sites is 1. The molecule has 0 saturated carbocycles. The summed E-state index contributed by atoms with van der Waals surface area (Å²) in [6.45, 7) is 2.24. The van der Waals surface area contributed by atoms with Gasteiger partial charge in [0.15, 0.2) is 5.69 Å². The SMILES string of the molecule is CCN(Cc1ccccc1)C(=O)c1cnn(-c2ccccc2)c1C(F)(F)F. The van der Waals surface area contributed by atoms with Gasteiger partial charge >= 0.3 is 6.18 Å². The number of alkyl halides is 3. The lowest BCUT2D eigenvalue weighted by Crippen LogP contribution is -2.32. The summed E-state index contributed by atoms with van der Waals surface area (Å²) < 4.78 is 42.0. The van der Waals surface area contributed by atoms with Gasteiger partial charge in [0.05, 0.1) is 17.4 Å². The zero-order chi connectivity index (χ0) is 19.4. The van der Waals surface area contributed by atoms with Crippen molar-refractivity contribution in [3.8, 4) is 5.69 Å². The molecule has 0 bridgehead atoms. The number of hydrogen-bond acceptors (Lipinski definition) is 2. The Kier molecular flexibility index (Phi) is 5.30. The van der Waals surface area contributed by atoms with Crippen LogP contribution in [0.3, 0.4) is 0 Å². The van der Waals surface area contributed by atoms with E-state index >= 15 is 0 Å². The largest absolute Gasteiger partial charge is 0.434 e. The summed E-state index contributed by atoms with van der Waals surface area (Å²) in [5, 5.41) is 3.85. The van der Waals surface area contributed by atoms with Crippen molar-refractivity contribution in [2.45, 2.75) is 19.6 Å². The highest BCUT2D eigenvalue weighted by Gasteiger charge is 2.41. The van der Waals surface area contributed by atoms with Gasteiger partial charge in [-0.25, -0.2) is 4.68 Å². The zero-order valence-corrected chi connectivity index (χ0v) is 14.6. The number of carbonyl (C=O) groups is 1. The Bertz CT molecular complexity index is 905. The van der Waals surface area contributed by atoms with Crippen LogP contribution in [0.25, 0.3) is 5.69 Å². The molecular formula is C20H18F3N3O. The molecule has 2 aromatic carbocycles. The topological polar surface area (TPSA) is 38.1 Å². The second-order valence-electron chi connectivity index (χ2n) is 5.96. The number of aromatic nitrogens is 2. The highest BCUT2D eigenvalue weighted by molar-refractivity contribution is 5.95. The van der Waals surface area contributed by atoms with Crippen molar-refractivity contribution >= 4 is 5.91 Å². The summed E-state index contributed by atoms with van der Waals surface area (Å²) in [6.07, 6.45) is -3.73. The zero-order valence-electron chi connectivity index (χ0n) is 14.6. The third-order valence-electron chi connectivity index (χ3n) is 4.15. The minimum atomic E-state index is -4.72. The maximum atomic E-state index is 13.8. The van der Waals surface area contributed by atoms with Crippen LogP contribution in [0.15, 0.2) is 66.9 Å². The van der Waals surface area contributed by atoms with Crippen molar-refractivity contribution in [2.24, 2.45) is 0 Å². The molecule has 0 radical (unpaired) electrons. The fourth-order valence-electron chi connectivity index (χ4n) is 2.84. The third-order valence-corrected chi connectivity index (χ3v) is 4.15. The molecule has 0 aliphatic rings. The Balaban J connectivity index is 2.00. The summed E-state index contributed by atoms with van der Waals surface area (Å²) in [5.74, 6) is -0.698. The first-order valence-electron chi connectivity index (χ1n) is 8.45. The van der Waals surface area contributed by atoms with Crippen LogP contribution in [0.1, 0.15) is 28.5 Å². The number of hydrogen-bond donors (Lipinski definition) is 0. The van der Waals surface area contributed by atoms with Crippen LogP contribution in [0.2, 0.25) is 0 Å². The van der Waals surface area contributed by atoms with Crippen LogP contribution < -0.4 is 0 Å². The summed E-state index contributed by atoms with van der Waals surface area (Å²) in [4.78, 5) is 14.2. The summed E-state index contributed by atoms with van der Waals surface area (Å²) >= 11 is 0. The van der Waals surface area contributed by atoms with E-state index in [0.29, 0.717) is 0 Å². The number of benzene rings is 2. The first-order chi connectivity index (χ1) is 12.9. The first-order valence-corrected chi connectivity index (χ1v) is 8.45. The molecule has 3 rings (SSSR count). The van der Waals surface area contributed by atoms with E-state index in [1.54, 1.807) is 25.1 Å². The van der Waals surface area contributed by atoms with Gasteiger partial charge in [-0.1, -0.05) is 48.5 Å². The molecule has 0 atom stereocenters. The Morgan fingerprint density at radius 3 is 2.19 bits per heavy atom. The lowest BCUT2D eigenvalue weighted by Gasteiger charge is -2.22. The van der Waals surface area contributed by atoms with E-state index in [4.69, 9.17) is 0 Å². The van der Waals surface area contributed by atoms with Crippen molar-refractivity contribution in [1.82, 2.24) is 14.7 Å². The molecular weight excluding hydrogens is 355 g/mol. The van der Waals surface area contributed by atoms with Gasteiger partial charge in [-0.05, 0) is 24.6 Å². The molecule has 0 saturated heterocycles. The summed E-state index contributed by atoms with van der Waals surface area (Å²) in [5.41, 5.74) is -0.430. The van der Waals surface area contributed by atoms with Crippen LogP contribution >= 0.6 is 0 Å². The molecule has 0 N–H and O–H groups in total. The predicted molar refractivity (Wildman–Crippen MR) is 95.4 cm³/mol. The average Bonchev–Trinajstić information content (AvgIpc) is 3.13. The molecule has 3 aromatic rings. The normalized spacial score (nSPS) is 11.4. The van der Waals surface area contributed by atoms with Crippen LogP contribution in [-0.2, 0) is 12.7 Å². The number of amides is 1. The molecule has 0 spiro atoms. The van der Waals surface area contributed by atoms with Gasteiger partial charge in [0, 0.05) is 13.1 Å². The minimum Gasteiger partial charge on any atom is -0.334 e. The summed E-state index contributed by atoms with van der Waals surface area (Å²) in [6, 6.07) is 17.1. The first kappa shape index (κ1) is 18.7. The van der Waals surface area contributed by atoms with Crippen molar-refractivity contribution in [2.75, 3.05) is 6.54 Å². The van der Waals surface area contributed by atoms with Crippen molar-refractivity contribution in [3.05, 3.63) is 83.7 Å². The molecule has 140 valence electrons. The van der Waals surface area contributed by atoms with E-state index in [0.717, 1.165) is 16.4 Å². The quantitative estimate of drug-likeness (QED) is 0.658. The average molecular weight is 373 g/mol. The number of carbonyl (C=O) groups excluding carboxylic acids is 1. The van der Waals surface area contributed by atoms with E-state index in [-0.39, 0.29) is 18.8 Å². The molecule has 4 nitrogen and oxygen atoms in total. The minimum absolute atomic E-state index is 0.226. The van der Waals surface area contributed by atoms with E-state index in [1.807, 2.05) is 30.3 Å². The van der Waals surface area contributed by atoms with Crippen molar-refractivity contribution < 1.29 is 18.0 Å². The van der Waals surface area contributed by atoms with Crippen LogP contribution in [0.5, 0.6) is 0 Å². The molecule has 1 aromatic heterocycles. The van der Waals surface area contributed by atoms with E-state index in [2.05, 4.69) is 5.10 Å². The van der Waals surface area contributed by atoms with E-state index in [9.17, 15) is 18.0 Å². The van der Waals surface area contributed by atoms with E-state index in [1.165, 1.54) is 17.0 Å². The molecule has 27 heavy (non-hydrogen) atoms. The van der Waals surface area contributed by atoms with Crippen LogP contribution in [0, 0.1) is 0 Å². The van der Waals surface area contributed by atoms with Gasteiger partial charge < -0.3 is 4.90 Å². The number of nitrogens with zero attached hydrogens (tertiary/aromatic N) is 3. The van der Waals surface area contributed by atoms with Gasteiger partial charge in [-0.2, -0.15) is 18.3 Å². The van der Waals surface area contributed by atoms with Gasteiger partial charge in [-0.15, -0.1) is 0 Å². The van der Waals surface area contributed by atoms with Crippen molar-refractivity contribution in [3.63, 3.8) is 0 Å². The molecule has 0 aliphatic carbocycles. The third kappa shape index (κ3) is 4.02. The molecule has 1 heterocycles. The van der Waals surface area contributed by atoms with Crippen molar-refractivity contribution in [1.29, 1.82) is 0 Å². The van der Waals surface area contributed by atoms with E-state index < -0.39 is 23.3 Å². The van der Waals surface area contributed by atoms with Crippen LogP contribution in [0.4, 0.5) is 13.2 Å². The number of rotatable bonds is 5. The lowest BCUT2D eigenvalue weighted by molar-refractivity contribution is -0.143. The fourth-order valence-corrected chi connectivity index (χ4v) is 2.84. The maximum Gasteiger partial charge on any atom is 0.434 e. The monoisotopic (exact) mass is 373 g/mol. The Morgan fingerprint density at radius 2 is 1.63 bits per heavy atom. The molecule has 0 unspecified atom stereocenters. The summed E-state index contributed by atoms with van der Waals surface area (Å²) in [7, 11) is 0. The Morgan fingerprint density at radius 1 is 1.04 bits per heavy atom. The Labute approximate surface area is 154 Å². The van der Waals surface area contributed by atoms with Crippen LogP contribution in [-0.4, -0.2) is 27.1 Å². The second kappa shape index (κ2) is 7.65. The molecule has 0 aliphatic heterocycles. The standard InChI is InChI=1S/C20H18F3N3O/c1-2-25(14-15-9-5-3-6-10-15)19(27)17-13-24-26(18(17)20(21,22)23)16-11-7-4-8-12-16/h3-13H,2,14H2,1H3. The predicted octanol–water partition coefficient (Wildman–Crippen LogP) is 4.55. The Hall–Kier alpha value is -3.09. The fraction of sp³-hybridized carbons (Fsp3) is 0.200. The lowest BCUT2D eigenvalue weighted by atomic mass is 10.1. The molecule has 1 amide bonds. The maximum absolute atomic E-state index is 13.8. The van der Waals surface area contributed by atoms with Gasteiger partial charge in [0.2, 0.25) is 0 Å². The highest BCUT2D eigenvalue weighted by Crippen LogP contribution is 2.34. The highest BCUT2D eigenvalue weighted by atomic mass is 19.4. The second-order valence-corrected chi connectivity index (χ2v) is 5.96. The smallest absolute Gasteiger partial charge is 0.334 e. The molecule has 7 heteroatoms.